The first-order valence-corrected chi connectivity index (χ1v) is 11.2. The minimum absolute atomic E-state index is 0. The van der Waals surface area contributed by atoms with Gasteiger partial charge in [-0.05, 0) is 56.0 Å². The Balaban J connectivity index is 0.00000261. The third-order valence-electron chi connectivity index (χ3n) is 4.46. The minimum Gasteiger partial charge on any atom is -0.462 e. The maximum absolute atomic E-state index is 13.2. The summed E-state index contributed by atoms with van der Waals surface area (Å²) >= 11 is 1.32. The van der Waals surface area contributed by atoms with Crippen LogP contribution in [-0.2, 0) is 14.8 Å². The predicted molar refractivity (Wildman–Crippen MR) is 110 cm³/mol. The Hall–Kier alpha value is -1.19. The third kappa shape index (κ3) is 4.63. The summed E-state index contributed by atoms with van der Waals surface area (Å²) in [5.74, 6) is -0.372. The zero-order valence-electron chi connectivity index (χ0n) is 15.4. The smallest absolute Gasteiger partial charge is 0.348 e. The Bertz CT molecular complexity index is 892. The second-order valence-electron chi connectivity index (χ2n) is 6.29. The number of hydrogen-bond donors (Lipinski definition) is 1. The largest absolute Gasteiger partial charge is 0.462 e. The summed E-state index contributed by atoms with van der Waals surface area (Å²) in [5.41, 5.74) is 0. The van der Waals surface area contributed by atoms with Gasteiger partial charge in [0.15, 0.2) is 0 Å². The van der Waals surface area contributed by atoms with E-state index in [9.17, 15) is 13.2 Å². The van der Waals surface area contributed by atoms with Crippen LogP contribution in [0.4, 0.5) is 0 Å². The molecule has 1 aliphatic rings. The standard InChI is InChI=1S/C18H24N2O4S2.ClH/c1-3-9-20(14-7-8-19-12-14)26(22,23)15-5-6-16-13(10-15)11-17(25-16)18(21)24-4-2;/h5-6,10-11,14,19H,3-4,7-9,12H2,1-2H3;1H. The molecule has 2 aromatic rings. The average Bonchev–Trinajstić information content (AvgIpc) is 3.28. The van der Waals surface area contributed by atoms with Crippen LogP contribution in [0.2, 0.25) is 0 Å². The number of nitrogens with zero attached hydrogens (tertiary/aromatic N) is 1. The van der Waals surface area contributed by atoms with E-state index in [1.165, 1.54) is 11.3 Å². The lowest BCUT2D eigenvalue weighted by molar-refractivity contribution is 0.0532. The molecule has 0 radical (unpaired) electrons. The van der Waals surface area contributed by atoms with Gasteiger partial charge in [-0.25, -0.2) is 13.2 Å². The van der Waals surface area contributed by atoms with Crippen LogP contribution in [0.3, 0.4) is 0 Å². The number of thiophene rings is 1. The van der Waals surface area contributed by atoms with Crippen molar-refractivity contribution < 1.29 is 17.9 Å². The van der Waals surface area contributed by atoms with Gasteiger partial charge in [-0.2, -0.15) is 4.31 Å². The lowest BCUT2D eigenvalue weighted by Crippen LogP contribution is -2.41. The number of rotatable bonds is 7. The van der Waals surface area contributed by atoms with Gasteiger partial charge in [0.1, 0.15) is 4.88 Å². The van der Waals surface area contributed by atoms with Gasteiger partial charge in [0.05, 0.1) is 11.5 Å². The van der Waals surface area contributed by atoms with E-state index in [1.54, 1.807) is 35.5 Å². The first-order chi connectivity index (χ1) is 12.5. The summed E-state index contributed by atoms with van der Waals surface area (Å²) in [6.07, 6.45) is 1.59. The summed E-state index contributed by atoms with van der Waals surface area (Å²) in [4.78, 5) is 12.7. The van der Waals surface area contributed by atoms with Gasteiger partial charge < -0.3 is 10.1 Å². The number of nitrogens with one attached hydrogen (secondary N) is 1. The summed E-state index contributed by atoms with van der Waals surface area (Å²) in [6.45, 7) is 6.09. The number of benzene rings is 1. The van der Waals surface area contributed by atoms with Gasteiger partial charge >= 0.3 is 5.97 Å². The molecule has 6 nitrogen and oxygen atoms in total. The number of esters is 1. The van der Waals surface area contributed by atoms with Gasteiger partial charge in [0, 0.05) is 23.8 Å². The van der Waals surface area contributed by atoms with Crippen molar-refractivity contribution in [1.29, 1.82) is 0 Å². The van der Waals surface area contributed by atoms with Gasteiger partial charge in [-0.1, -0.05) is 6.92 Å². The number of carbonyl (C=O) groups is 1. The highest BCUT2D eigenvalue weighted by Crippen LogP contribution is 2.30. The van der Waals surface area contributed by atoms with Gasteiger partial charge in [-0.15, -0.1) is 23.7 Å². The Labute approximate surface area is 170 Å². The maximum atomic E-state index is 13.2. The van der Waals surface area contributed by atoms with Gasteiger partial charge in [0.2, 0.25) is 10.0 Å². The minimum atomic E-state index is -3.58. The molecule has 1 aromatic heterocycles. The number of halogens is 1. The number of ether oxygens (including phenoxy) is 1. The Kier molecular flexibility index (Phi) is 7.64. The summed E-state index contributed by atoms with van der Waals surface area (Å²) in [6, 6.07) is 6.77. The van der Waals surface area contributed by atoms with E-state index < -0.39 is 10.0 Å². The van der Waals surface area contributed by atoms with Crippen LogP contribution >= 0.6 is 23.7 Å². The average molecular weight is 433 g/mol. The molecule has 1 saturated heterocycles. The van der Waals surface area contributed by atoms with Crippen LogP contribution in [-0.4, -0.2) is 51.0 Å². The topological polar surface area (TPSA) is 75.7 Å². The molecule has 150 valence electrons. The van der Waals surface area contributed by atoms with Gasteiger partial charge in [0.25, 0.3) is 0 Å². The van der Waals surface area contributed by atoms with Crippen molar-refractivity contribution in [2.75, 3.05) is 26.2 Å². The fourth-order valence-corrected chi connectivity index (χ4v) is 5.94. The molecule has 2 heterocycles. The molecule has 0 aliphatic carbocycles. The highest BCUT2D eigenvalue weighted by atomic mass is 35.5. The summed E-state index contributed by atoms with van der Waals surface area (Å²) < 4.78 is 33.9. The summed E-state index contributed by atoms with van der Waals surface area (Å²) in [7, 11) is -3.58. The van der Waals surface area contributed by atoms with E-state index in [2.05, 4.69) is 5.32 Å². The first kappa shape index (κ1) is 22.1. The van der Waals surface area contributed by atoms with Crippen LogP contribution in [0, 0.1) is 0 Å². The lowest BCUT2D eigenvalue weighted by Gasteiger charge is -2.27. The highest BCUT2D eigenvalue weighted by Gasteiger charge is 2.32. The molecule has 0 amide bonds. The van der Waals surface area contributed by atoms with Crippen LogP contribution in [0.25, 0.3) is 10.1 Å². The predicted octanol–water partition coefficient (Wildman–Crippen LogP) is 3.26. The van der Waals surface area contributed by atoms with E-state index in [4.69, 9.17) is 4.74 Å². The van der Waals surface area contributed by atoms with E-state index >= 15 is 0 Å². The van der Waals surface area contributed by atoms with Crippen molar-refractivity contribution in [2.45, 2.75) is 37.6 Å². The van der Waals surface area contributed by atoms with E-state index in [0.29, 0.717) is 24.6 Å². The molecule has 1 aliphatic heterocycles. The number of sulfonamides is 1. The zero-order chi connectivity index (χ0) is 18.7. The van der Waals surface area contributed by atoms with Crippen LogP contribution in [0.5, 0.6) is 0 Å². The SMILES string of the molecule is CCCN(C1CCNC1)S(=O)(=O)c1ccc2sc(C(=O)OCC)cc2c1.Cl. The number of carbonyl (C=O) groups excluding carboxylic acids is 1. The van der Waals surface area contributed by atoms with Crippen molar-refractivity contribution in [1.82, 2.24) is 9.62 Å². The fraction of sp³-hybridized carbons (Fsp3) is 0.500. The second kappa shape index (κ2) is 9.34. The highest BCUT2D eigenvalue weighted by molar-refractivity contribution is 7.89. The Morgan fingerprint density at radius 1 is 1.33 bits per heavy atom. The molecule has 9 heteroatoms. The number of hydrogen-bond acceptors (Lipinski definition) is 6. The molecule has 0 spiro atoms. The van der Waals surface area contributed by atoms with Crippen molar-refractivity contribution in [2.24, 2.45) is 0 Å². The molecule has 1 fully saturated rings. The Morgan fingerprint density at radius 2 is 2.11 bits per heavy atom. The molecule has 27 heavy (non-hydrogen) atoms. The van der Waals surface area contributed by atoms with Crippen LogP contribution in [0.15, 0.2) is 29.2 Å². The van der Waals surface area contributed by atoms with Crippen molar-refractivity contribution in [3.63, 3.8) is 0 Å². The quantitative estimate of drug-likeness (QED) is 0.679. The molecule has 1 aromatic carbocycles. The first-order valence-electron chi connectivity index (χ1n) is 8.90. The molecule has 1 N–H and O–H groups in total. The van der Waals surface area contributed by atoms with Crippen molar-refractivity contribution in [3.05, 3.63) is 29.1 Å². The normalized spacial score (nSPS) is 17.2. The molecule has 0 bridgehead atoms. The van der Waals surface area contributed by atoms with Crippen LogP contribution in [0.1, 0.15) is 36.4 Å². The van der Waals surface area contributed by atoms with E-state index in [0.717, 1.165) is 29.5 Å². The van der Waals surface area contributed by atoms with Crippen molar-refractivity contribution in [3.8, 4) is 0 Å². The zero-order valence-corrected chi connectivity index (χ0v) is 17.9. The monoisotopic (exact) mass is 432 g/mol. The molecule has 3 rings (SSSR count). The molecule has 0 saturated carbocycles. The molecular weight excluding hydrogens is 408 g/mol. The molecule has 1 unspecified atom stereocenters. The maximum Gasteiger partial charge on any atom is 0.348 e. The van der Waals surface area contributed by atoms with Crippen LogP contribution < -0.4 is 5.32 Å². The lowest BCUT2D eigenvalue weighted by atomic mass is 10.2. The van der Waals surface area contributed by atoms with E-state index in [1.807, 2.05) is 6.92 Å². The van der Waals surface area contributed by atoms with E-state index in [-0.39, 0.29) is 29.3 Å². The van der Waals surface area contributed by atoms with Crippen molar-refractivity contribution >= 4 is 49.8 Å². The fourth-order valence-electron chi connectivity index (χ4n) is 3.22. The number of fused-ring (bicyclic) bond motifs is 1. The summed E-state index contributed by atoms with van der Waals surface area (Å²) in [5, 5.41) is 3.99. The van der Waals surface area contributed by atoms with Gasteiger partial charge in [-0.3, -0.25) is 0 Å². The molecule has 1 atom stereocenters. The second-order valence-corrected chi connectivity index (χ2v) is 9.27. The Morgan fingerprint density at radius 3 is 2.74 bits per heavy atom. The molecular formula is C18H25ClN2O4S2. The third-order valence-corrected chi connectivity index (χ3v) is 7.50.